The van der Waals surface area contributed by atoms with Gasteiger partial charge < -0.3 is 5.73 Å². The second-order valence-electron chi connectivity index (χ2n) is 3.09. The highest BCUT2D eigenvalue weighted by Gasteiger charge is 2.02. The molecule has 15 heavy (non-hydrogen) atoms. The number of rotatable bonds is 2. The summed E-state index contributed by atoms with van der Waals surface area (Å²) >= 11 is 3.09. The molecule has 2 N–H and O–H groups in total. The fourth-order valence-corrected chi connectivity index (χ4v) is 1.46. The van der Waals surface area contributed by atoms with Crippen molar-refractivity contribution in [3.8, 4) is 0 Å². The van der Waals surface area contributed by atoms with E-state index in [2.05, 4.69) is 26.2 Å². The van der Waals surface area contributed by atoms with Crippen molar-refractivity contribution >= 4 is 21.7 Å². The third kappa shape index (κ3) is 2.33. The Morgan fingerprint density at radius 2 is 2.27 bits per heavy atom. The number of anilines is 1. The molecule has 4 nitrogen and oxygen atoms in total. The molecule has 0 aliphatic rings. The van der Waals surface area contributed by atoms with Crippen LogP contribution in [0.2, 0.25) is 0 Å². The van der Waals surface area contributed by atoms with E-state index in [9.17, 15) is 4.39 Å². The third-order valence-electron chi connectivity index (χ3n) is 1.88. The molecule has 6 heteroatoms. The summed E-state index contributed by atoms with van der Waals surface area (Å²) in [7, 11) is 0. The second-order valence-corrected chi connectivity index (χ2v) is 3.94. The molecule has 78 valence electrons. The van der Waals surface area contributed by atoms with Crippen LogP contribution in [0, 0.1) is 5.82 Å². The molecule has 1 heterocycles. The molecule has 0 spiro atoms. The van der Waals surface area contributed by atoms with Crippen molar-refractivity contribution in [2.24, 2.45) is 0 Å². The predicted molar refractivity (Wildman–Crippen MR) is 57.6 cm³/mol. The van der Waals surface area contributed by atoms with Gasteiger partial charge in [-0.25, -0.2) is 9.07 Å². The Morgan fingerprint density at radius 3 is 2.87 bits per heavy atom. The Morgan fingerprint density at radius 1 is 1.47 bits per heavy atom. The lowest BCUT2D eigenvalue weighted by molar-refractivity contribution is 0.609. The first-order valence-corrected chi connectivity index (χ1v) is 5.04. The molecule has 0 atom stereocenters. The summed E-state index contributed by atoms with van der Waals surface area (Å²) in [6.45, 7) is 0.453. The van der Waals surface area contributed by atoms with Crippen LogP contribution < -0.4 is 5.73 Å². The van der Waals surface area contributed by atoms with Gasteiger partial charge >= 0.3 is 0 Å². The first-order chi connectivity index (χ1) is 7.15. The lowest BCUT2D eigenvalue weighted by Gasteiger charge is -2.01. The average molecular weight is 271 g/mol. The Balaban J connectivity index is 2.21. The fourth-order valence-electron chi connectivity index (χ4n) is 1.22. The van der Waals surface area contributed by atoms with E-state index in [1.165, 1.54) is 6.07 Å². The van der Waals surface area contributed by atoms with E-state index in [0.29, 0.717) is 16.8 Å². The topological polar surface area (TPSA) is 56.7 Å². The highest BCUT2D eigenvalue weighted by atomic mass is 79.9. The number of nitrogens with zero attached hydrogens (tertiary/aromatic N) is 3. The zero-order chi connectivity index (χ0) is 10.8. The summed E-state index contributed by atoms with van der Waals surface area (Å²) < 4.78 is 15.2. The maximum atomic E-state index is 13.2. The molecule has 2 aromatic rings. The molecule has 0 amide bonds. The third-order valence-corrected chi connectivity index (χ3v) is 2.53. The van der Waals surface area contributed by atoms with E-state index in [1.807, 2.05) is 6.07 Å². The van der Waals surface area contributed by atoms with Gasteiger partial charge in [-0.3, -0.25) is 0 Å². The molecule has 0 saturated heterocycles. The molecule has 1 aromatic carbocycles. The van der Waals surface area contributed by atoms with E-state index in [4.69, 9.17) is 5.73 Å². The van der Waals surface area contributed by atoms with Crippen LogP contribution in [0.1, 0.15) is 5.56 Å². The number of hydrogen-bond donors (Lipinski definition) is 1. The van der Waals surface area contributed by atoms with Crippen LogP contribution in [-0.2, 0) is 6.54 Å². The number of benzene rings is 1. The minimum absolute atomic E-state index is 0.291. The SMILES string of the molecule is Nc1cn(Cc2ccc(Br)c(F)c2)nn1. The van der Waals surface area contributed by atoms with E-state index < -0.39 is 0 Å². The largest absolute Gasteiger partial charge is 0.381 e. The van der Waals surface area contributed by atoms with Gasteiger partial charge in [-0.05, 0) is 33.6 Å². The number of halogens is 2. The zero-order valence-electron chi connectivity index (χ0n) is 7.69. The summed E-state index contributed by atoms with van der Waals surface area (Å²) in [5.74, 6) is 0.0631. The quantitative estimate of drug-likeness (QED) is 0.906. The van der Waals surface area contributed by atoms with Gasteiger partial charge in [0.25, 0.3) is 0 Å². The molecule has 1 aromatic heterocycles. The first kappa shape index (κ1) is 10.1. The summed E-state index contributed by atoms with van der Waals surface area (Å²) in [5, 5.41) is 7.41. The van der Waals surface area contributed by atoms with Crippen molar-refractivity contribution in [1.82, 2.24) is 15.0 Å². The highest BCUT2D eigenvalue weighted by Crippen LogP contribution is 2.16. The molecule has 0 bridgehead atoms. The molecular formula is C9H8BrFN4. The maximum Gasteiger partial charge on any atom is 0.165 e. The van der Waals surface area contributed by atoms with E-state index in [1.54, 1.807) is 16.9 Å². The maximum absolute atomic E-state index is 13.2. The molecule has 0 aliphatic heterocycles. The van der Waals surface area contributed by atoms with Gasteiger partial charge in [0.2, 0.25) is 0 Å². The van der Waals surface area contributed by atoms with Crippen molar-refractivity contribution in [1.29, 1.82) is 0 Å². The molecule has 0 saturated carbocycles. The van der Waals surface area contributed by atoms with Gasteiger partial charge in [0.1, 0.15) is 5.82 Å². The second kappa shape index (κ2) is 3.98. The average Bonchev–Trinajstić information content (AvgIpc) is 2.58. The predicted octanol–water partition coefficient (Wildman–Crippen LogP) is 1.81. The number of nitrogens with two attached hydrogens (primary N) is 1. The van der Waals surface area contributed by atoms with E-state index in [-0.39, 0.29) is 5.82 Å². The van der Waals surface area contributed by atoms with Crippen molar-refractivity contribution in [2.75, 3.05) is 5.73 Å². The van der Waals surface area contributed by atoms with Crippen LogP contribution in [0.4, 0.5) is 10.2 Å². The van der Waals surface area contributed by atoms with E-state index >= 15 is 0 Å². The highest BCUT2D eigenvalue weighted by molar-refractivity contribution is 9.10. The van der Waals surface area contributed by atoms with Crippen molar-refractivity contribution in [2.45, 2.75) is 6.54 Å². The zero-order valence-corrected chi connectivity index (χ0v) is 9.28. The summed E-state index contributed by atoms with van der Waals surface area (Å²) in [4.78, 5) is 0. The number of aromatic nitrogens is 3. The minimum atomic E-state index is -0.291. The van der Waals surface area contributed by atoms with Crippen LogP contribution in [0.15, 0.2) is 28.9 Å². The Labute approximate surface area is 94.0 Å². The van der Waals surface area contributed by atoms with Crippen molar-refractivity contribution in [3.63, 3.8) is 0 Å². The lowest BCUT2D eigenvalue weighted by Crippen LogP contribution is -2.00. The molecule has 2 rings (SSSR count). The van der Waals surface area contributed by atoms with Crippen LogP contribution in [0.25, 0.3) is 0 Å². The first-order valence-electron chi connectivity index (χ1n) is 4.24. The van der Waals surface area contributed by atoms with Crippen LogP contribution in [-0.4, -0.2) is 15.0 Å². The summed E-state index contributed by atoms with van der Waals surface area (Å²) in [5.41, 5.74) is 6.22. The van der Waals surface area contributed by atoms with Crippen molar-refractivity contribution < 1.29 is 4.39 Å². The number of hydrogen-bond acceptors (Lipinski definition) is 3. The number of nitrogen functional groups attached to an aromatic ring is 1. The summed E-state index contributed by atoms with van der Waals surface area (Å²) in [6, 6.07) is 4.91. The van der Waals surface area contributed by atoms with Crippen LogP contribution >= 0.6 is 15.9 Å². The Bertz CT molecular complexity index is 483. The normalized spacial score (nSPS) is 10.5. The Kier molecular flexibility index (Phi) is 2.68. The molecule has 0 aliphatic carbocycles. The standard InChI is InChI=1S/C9H8BrFN4/c10-7-2-1-6(3-8(7)11)4-15-5-9(12)13-14-15/h1-3,5H,4,12H2. The molecular weight excluding hydrogens is 263 g/mol. The molecule has 0 fully saturated rings. The van der Waals surface area contributed by atoms with Crippen LogP contribution in [0.3, 0.4) is 0 Å². The Hall–Kier alpha value is -1.43. The minimum Gasteiger partial charge on any atom is -0.381 e. The van der Waals surface area contributed by atoms with Gasteiger partial charge in [-0.15, -0.1) is 5.10 Å². The van der Waals surface area contributed by atoms with Crippen LogP contribution in [0.5, 0.6) is 0 Å². The fraction of sp³-hybridized carbons (Fsp3) is 0.111. The molecule has 0 radical (unpaired) electrons. The van der Waals surface area contributed by atoms with Gasteiger partial charge in [0.15, 0.2) is 5.82 Å². The monoisotopic (exact) mass is 270 g/mol. The van der Waals surface area contributed by atoms with Gasteiger partial charge in [-0.2, -0.15) is 0 Å². The van der Waals surface area contributed by atoms with Gasteiger partial charge in [0.05, 0.1) is 17.2 Å². The van der Waals surface area contributed by atoms with Gasteiger partial charge in [-0.1, -0.05) is 11.3 Å². The van der Waals surface area contributed by atoms with Gasteiger partial charge in [0, 0.05) is 0 Å². The lowest BCUT2D eigenvalue weighted by atomic mass is 10.2. The van der Waals surface area contributed by atoms with E-state index in [0.717, 1.165) is 5.56 Å². The smallest absolute Gasteiger partial charge is 0.165 e. The molecule has 0 unspecified atom stereocenters. The summed E-state index contributed by atoms with van der Waals surface area (Å²) in [6.07, 6.45) is 1.60. The van der Waals surface area contributed by atoms with Crippen molar-refractivity contribution in [3.05, 3.63) is 40.2 Å².